The first-order valence-corrected chi connectivity index (χ1v) is 11.1. The minimum Gasteiger partial charge on any atom is -0.495 e. The molecule has 0 aliphatic heterocycles. The topological polar surface area (TPSA) is 126 Å². The molecule has 10 heteroatoms. The van der Waals surface area contributed by atoms with Crippen LogP contribution in [0.25, 0.3) is 0 Å². The van der Waals surface area contributed by atoms with Gasteiger partial charge in [-0.25, -0.2) is 4.79 Å². The zero-order valence-corrected chi connectivity index (χ0v) is 20.0. The number of para-hydroxylation sites is 1. The summed E-state index contributed by atoms with van der Waals surface area (Å²) in [5.41, 5.74) is 1.61. The van der Waals surface area contributed by atoms with Crippen LogP contribution in [-0.4, -0.2) is 43.3 Å². The molecule has 176 valence electrons. The highest BCUT2D eigenvalue weighted by Gasteiger charge is 2.25. The second-order valence-corrected chi connectivity index (χ2v) is 7.88. The van der Waals surface area contributed by atoms with Crippen molar-refractivity contribution in [2.75, 3.05) is 13.7 Å². The fourth-order valence-electron chi connectivity index (χ4n) is 2.94. The van der Waals surface area contributed by atoms with E-state index in [1.54, 1.807) is 25.1 Å². The number of nitrogens with one attached hydrogen (secondary N) is 4. The van der Waals surface area contributed by atoms with Crippen molar-refractivity contribution in [3.05, 3.63) is 64.1 Å². The number of hydrogen-bond donors (Lipinski definition) is 4. The number of Topliss-reactive ketones (excluding diaryl/α,β-unsaturated/α-hetero) is 1. The van der Waals surface area contributed by atoms with Gasteiger partial charge in [-0.05, 0) is 34.0 Å². The normalized spacial score (nSPS) is 11.1. The molecule has 0 aromatic heterocycles. The number of ether oxygens (including phenoxy) is 1. The van der Waals surface area contributed by atoms with Gasteiger partial charge in [-0.2, -0.15) is 0 Å². The number of halogens is 1. The van der Waals surface area contributed by atoms with Crippen molar-refractivity contribution in [2.24, 2.45) is 0 Å². The molecule has 4 amide bonds. The van der Waals surface area contributed by atoms with Gasteiger partial charge in [-0.15, -0.1) is 0 Å². The molecule has 9 nitrogen and oxygen atoms in total. The summed E-state index contributed by atoms with van der Waals surface area (Å²) < 4.78 is 6.02. The van der Waals surface area contributed by atoms with Crippen LogP contribution in [0.5, 0.6) is 5.75 Å². The van der Waals surface area contributed by atoms with Gasteiger partial charge in [-0.3, -0.25) is 14.4 Å². The Morgan fingerprint density at radius 3 is 2.33 bits per heavy atom. The van der Waals surface area contributed by atoms with E-state index in [4.69, 9.17) is 4.74 Å². The summed E-state index contributed by atoms with van der Waals surface area (Å²) in [4.78, 5) is 48.8. The Labute approximate surface area is 200 Å². The molecule has 0 radical (unpaired) electrons. The molecule has 0 heterocycles. The Hall–Kier alpha value is -3.40. The fraction of sp³-hybridized carbons (Fsp3) is 0.304. The Bertz CT molecular complexity index is 984. The standard InChI is InChI=1S/C23H27BrN4O5/c1-3-18(20(30)22(31)25-13-16-10-7-11-17(24)21(16)33-2)28-19(29)14-27-23(32)26-12-15-8-5-4-6-9-15/h4-11,18H,3,12-14H2,1-2H3,(H,25,31)(H,28,29)(H2,26,27,32). The summed E-state index contributed by atoms with van der Waals surface area (Å²) >= 11 is 3.36. The van der Waals surface area contributed by atoms with Crippen LogP contribution in [0.3, 0.4) is 0 Å². The lowest BCUT2D eigenvalue weighted by Gasteiger charge is -2.16. The molecule has 0 saturated carbocycles. The molecule has 0 aliphatic carbocycles. The maximum Gasteiger partial charge on any atom is 0.315 e. The number of urea groups is 1. The Kier molecular flexibility index (Phi) is 10.4. The lowest BCUT2D eigenvalue weighted by molar-refractivity contribution is -0.140. The predicted octanol–water partition coefficient (Wildman–Crippen LogP) is 2.04. The van der Waals surface area contributed by atoms with E-state index >= 15 is 0 Å². The Morgan fingerprint density at radius 1 is 0.939 bits per heavy atom. The summed E-state index contributed by atoms with van der Waals surface area (Å²) in [6.07, 6.45) is 0.221. The van der Waals surface area contributed by atoms with Crippen molar-refractivity contribution in [3.63, 3.8) is 0 Å². The number of hydrogen-bond acceptors (Lipinski definition) is 5. The van der Waals surface area contributed by atoms with Crippen molar-refractivity contribution in [2.45, 2.75) is 32.5 Å². The smallest absolute Gasteiger partial charge is 0.315 e. The van der Waals surface area contributed by atoms with E-state index in [-0.39, 0.29) is 19.5 Å². The van der Waals surface area contributed by atoms with Gasteiger partial charge in [0.1, 0.15) is 5.75 Å². The third-order valence-electron chi connectivity index (χ3n) is 4.68. The highest BCUT2D eigenvalue weighted by Crippen LogP contribution is 2.28. The minimum atomic E-state index is -1.00. The van der Waals surface area contributed by atoms with Crippen LogP contribution in [0.15, 0.2) is 53.0 Å². The van der Waals surface area contributed by atoms with Gasteiger partial charge in [0.2, 0.25) is 11.7 Å². The Balaban J connectivity index is 1.79. The SMILES string of the molecule is CCC(NC(=O)CNC(=O)NCc1ccccc1)C(=O)C(=O)NCc1cccc(Br)c1OC. The molecule has 0 aliphatic rings. The second-order valence-electron chi connectivity index (χ2n) is 7.03. The zero-order valence-electron chi connectivity index (χ0n) is 18.4. The predicted molar refractivity (Wildman–Crippen MR) is 126 cm³/mol. The molecule has 0 saturated heterocycles. The van der Waals surface area contributed by atoms with E-state index in [1.165, 1.54) is 7.11 Å². The summed E-state index contributed by atoms with van der Waals surface area (Å²) in [6.45, 7) is 1.74. The number of carbonyl (C=O) groups is 4. The molecule has 0 bridgehead atoms. The average Bonchev–Trinajstić information content (AvgIpc) is 2.83. The van der Waals surface area contributed by atoms with E-state index in [9.17, 15) is 19.2 Å². The second kappa shape index (κ2) is 13.2. The molecule has 0 fully saturated rings. The maximum absolute atomic E-state index is 12.5. The number of rotatable bonds is 11. The summed E-state index contributed by atoms with van der Waals surface area (Å²) in [6, 6.07) is 13.1. The fourth-order valence-corrected chi connectivity index (χ4v) is 3.51. The van der Waals surface area contributed by atoms with Crippen molar-refractivity contribution >= 4 is 39.6 Å². The van der Waals surface area contributed by atoms with Crippen molar-refractivity contribution in [1.82, 2.24) is 21.3 Å². The lowest BCUT2D eigenvalue weighted by atomic mass is 10.1. The molecule has 1 unspecified atom stereocenters. The highest BCUT2D eigenvalue weighted by atomic mass is 79.9. The van der Waals surface area contributed by atoms with E-state index < -0.39 is 29.7 Å². The molecule has 2 aromatic carbocycles. The van der Waals surface area contributed by atoms with Crippen LogP contribution in [0.4, 0.5) is 4.79 Å². The van der Waals surface area contributed by atoms with Gasteiger partial charge in [0.25, 0.3) is 5.91 Å². The summed E-state index contributed by atoms with van der Waals surface area (Å²) in [5, 5.41) is 10.1. The van der Waals surface area contributed by atoms with Gasteiger partial charge < -0.3 is 26.0 Å². The molecular weight excluding hydrogens is 492 g/mol. The van der Waals surface area contributed by atoms with Crippen molar-refractivity contribution < 1.29 is 23.9 Å². The van der Waals surface area contributed by atoms with Gasteiger partial charge >= 0.3 is 6.03 Å². The number of benzene rings is 2. The average molecular weight is 519 g/mol. The van der Waals surface area contributed by atoms with Crippen molar-refractivity contribution in [1.29, 1.82) is 0 Å². The third-order valence-corrected chi connectivity index (χ3v) is 5.31. The number of amides is 4. The monoisotopic (exact) mass is 518 g/mol. The molecule has 1 atom stereocenters. The van der Waals surface area contributed by atoms with Crippen LogP contribution < -0.4 is 26.0 Å². The summed E-state index contributed by atoms with van der Waals surface area (Å²) in [7, 11) is 1.51. The van der Waals surface area contributed by atoms with E-state index in [1.807, 2.05) is 30.3 Å². The van der Waals surface area contributed by atoms with Gasteiger partial charge in [0, 0.05) is 18.7 Å². The minimum absolute atomic E-state index is 0.0840. The lowest BCUT2D eigenvalue weighted by Crippen LogP contribution is -2.50. The molecule has 2 aromatic rings. The molecule has 0 spiro atoms. The van der Waals surface area contributed by atoms with Crippen molar-refractivity contribution in [3.8, 4) is 5.75 Å². The van der Waals surface area contributed by atoms with E-state index in [2.05, 4.69) is 37.2 Å². The summed E-state index contributed by atoms with van der Waals surface area (Å²) in [5.74, 6) is -1.61. The molecule has 4 N–H and O–H groups in total. The maximum atomic E-state index is 12.5. The molecule has 33 heavy (non-hydrogen) atoms. The van der Waals surface area contributed by atoms with Crippen LogP contribution >= 0.6 is 15.9 Å². The number of carbonyl (C=O) groups excluding carboxylic acids is 4. The van der Waals surface area contributed by atoms with Crippen LogP contribution in [-0.2, 0) is 27.5 Å². The molecule has 2 rings (SSSR count). The quantitative estimate of drug-likeness (QED) is 0.338. The third kappa shape index (κ3) is 8.23. The first-order chi connectivity index (χ1) is 15.8. The first-order valence-electron chi connectivity index (χ1n) is 10.3. The zero-order chi connectivity index (χ0) is 24.2. The first kappa shape index (κ1) is 25.9. The highest BCUT2D eigenvalue weighted by molar-refractivity contribution is 9.10. The van der Waals surface area contributed by atoms with Crippen LogP contribution in [0.2, 0.25) is 0 Å². The van der Waals surface area contributed by atoms with E-state index in [0.717, 1.165) is 10.0 Å². The largest absolute Gasteiger partial charge is 0.495 e. The van der Waals surface area contributed by atoms with Gasteiger partial charge in [-0.1, -0.05) is 49.4 Å². The Morgan fingerprint density at radius 2 is 1.67 bits per heavy atom. The number of ketones is 1. The number of methoxy groups -OCH3 is 1. The van der Waals surface area contributed by atoms with Gasteiger partial charge in [0.05, 0.1) is 24.2 Å². The van der Waals surface area contributed by atoms with E-state index in [0.29, 0.717) is 17.9 Å². The van der Waals surface area contributed by atoms with Crippen LogP contribution in [0.1, 0.15) is 24.5 Å². The van der Waals surface area contributed by atoms with Gasteiger partial charge in [0.15, 0.2) is 0 Å². The van der Waals surface area contributed by atoms with Crippen LogP contribution in [0, 0.1) is 0 Å². The molecular formula is C23H27BrN4O5.